The molecule has 0 aromatic carbocycles. The van der Waals surface area contributed by atoms with Crippen molar-refractivity contribution in [1.29, 1.82) is 0 Å². The van der Waals surface area contributed by atoms with Crippen molar-refractivity contribution >= 4 is 5.91 Å². The topological polar surface area (TPSA) is 67.6 Å². The summed E-state index contributed by atoms with van der Waals surface area (Å²) in [5.74, 6) is 0.0561. The molecule has 0 aliphatic carbocycles. The molecule has 3 N–H and O–H groups in total. The summed E-state index contributed by atoms with van der Waals surface area (Å²) in [7, 11) is 3.51. The molecule has 16 heavy (non-hydrogen) atoms. The molecule has 1 unspecified atom stereocenters. The van der Waals surface area contributed by atoms with Crippen LogP contribution >= 0.6 is 0 Å². The van der Waals surface area contributed by atoms with E-state index in [4.69, 9.17) is 10.5 Å². The SMILES string of the molecule is CCCCNC(=O)CN(C)CC(N)COC. The van der Waals surface area contributed by atoms with Gasteiger partial charge in [-0.25, -0.2) is 0 Å². The first-order valence-corrected chi connectivity index (χ1v) is 5.79. The average Bonchev–Trinajstić information content (AvgIpc) is 2.17. The summed E-state index contributed by atoms with van der Waals surface area (Å²) in [4.78, 5) is 13.4. The third kappa shape index (κ3) is 8.64. The second-order valence-corrected chi connectivity index (χ2v) is 4.12. The van der Waals surface area contributed by atoms with E-state index in [0.29, 0.717) is 19.7 Å². The highest BCUT2D eigenvalue weighted by Crippen LogP contribution is 1.88. The highest BCUT2D eigenvalue weighted by atomic mass is 16.5. The number of hydrogen-bond donors (Lipinski definition) is 2. The standard InChI is InChI=1S/C11H25N3O2/c1-4-5-6-13-11(15)8-14(2)7-10(12)9-16-3/h10H,4-9,12H2,1-3H3,(H,13,15). The Labute approximate surface area is 98.3 Å². The number of nitrogens with one attached hydrogen (secondary N) is 1. The summed E-state index contributed by atoms with van der Waals surface area (Å²) in [5.41, 5.74) is 5.78. The van der Waals surface area contributed by atoms with Crippen LogP contribution in [0.15, 0.2) is 0 Å². The fourth-order valence-corrected chi connectivity index (χ4v) is 1.44. The first-order chi connectivity index (χ1) is 7.60. The van der Waals surface area contributed by atoms with E-state index in [1.54, 1.807) is 7.11 Å². The molecule has 0 fully saturated rings. The lowest BCUT2D eigenvalue weighted by Gasteiger charge is -2.20. The number of unbranched alkanes of at least 4 members (excludes halogenated alkanes) is 1. The van der Waals surface area contributed by atoms with Crippen LogP contribution in [-0.4, -0.2) is 57.2 Å². The zero-order chi connectivity index (χ0) is 12.4. The van der Waals surface area contributed by atoms with E-state index in [0.717, 1.165) is 19.4 Å². The zero-order valence-electron chi connectivity index (χ0n) is 10.7. The Hall–Kier alpha value is -0.650. The first kappa shape index (κ1) is 15.3. The number of carbonyl (C=O) groups is 1. The van der Waals surface area contributed by atoms with Crippen molar-refractivity contribution < 1.29 is 9.53 Å². The molecule has 0 bridgehead atoms. The normalized spacial score (nSPS) is 12.8. The van der Waals surface area contributed by atoms with Gasteiger partial charge >= 0.3 is 0 Å². The number of carbonyl (C=O) groups excluding carboxylic acids is 1. The Morgan fingerprint density at radius 1 is 1.56 bits per heavy atom. The van der Waals surface area contributed by atoms with E-state index in [1.807, 2.05) is 11.9 Å². The fourth-order valence-electron chi connectivity index (χ4n) is 1.44. The Morgan fingerprint density at radius 2 is 2.25 bits per heavy atom. The largest absolute Gasteiger partial charge is 0.383 e. The smallest absolute Gasteiger partial charge is 0.234 e. The first-order valence-electron chi connectivity index (χ1n) is 5.79. The van der Waals surface area contributed by atoms with Crippen molar-refractivity contribution in [1.82, 2.24) is 10.2 Å². The number of likely N-dealkylation sites (N-methyl/N-ethyl adjacent to an activating group) is 1. The van der Waals surface area contributed by atoms with Gasteiger partial charge in [-0.1, -0.05) is 13.3 Å². The summed E-state index contributed by atoms with van der Waals surface area (Å²) < 4.78 is 4.94. The molecule has 0 rings (SSSR count). The third-order valence-electron chi connectivity index (χ3n) is 2.19. The van der Waals surface area contributed by atoms with Crippen molar-refractivity contribution in [3.8, 4) is 0 Å². The summed E-state index contributed by atoms with van der Waals surface area (Å²) in [5, 5.41) is 2.87. The van der Waals surface area contributed by atoms with Crippen LogP contribution in [0.25, 0.3) is 0 Å². The van der Waals surface area contributed by atoms with Crippen LogP contribution in [0.1, 0.15) is 19.8 Å². The molecule has 0 aliphatic heterocycles. The van der Waals surface area contributed by atoms with Gasteiger partial charge in [0, 0.05) is 26.2 Å². The van der Waals surface area contributed by atoms with Crippen LogP contribution in [0.3, 0.4) is 0 Å². The molecule has 0 saturated carbocycles. The summed E-state index contributed by atoms with van der Waals surface area (Å²) in [6.07, 6.45) is 2.12. The van der Waals surface area contributed by atoms with E-state index >= 15 is 0 Å². The Bertz CT molecular complexity index is 188. The van der Waals surface area contributed by atoms with Crippen molar-refractivity contribution in [2.45, 2.75) is 25.8 Å². The molecule has 0 aromatic heterocycles. The van der Waals surface area contributed by atoms with E-state index in [-0.39, 0.29) is 11.9 Å². The number of ether oxygens (including phenoxy) is 1. The number of amides is 1. The quantitative estimate of drug-likeness (QED) is 0.540. The lowest BCUT2D eigenvalue weighted by molar-refractivity contribution is -0.122. The van der Waals surface area contributed by atoms with Gasteiger partial charge in [0.2, 0.25) is 5.91 Å². The molecule has 0 saturated heterocycles. The van der Waals surface area contributed by atoms with E-state index in [1.165, 1.54) is 0 Å². The average molecular weight is 231 g/mol. The van der Waals surface area contributed by atoms with Crippen LogP contribution in [0.2, 0.25) is 0 Å². The van der Waals surface area contributed by atoms with E-state index in [9.17, 15) is 4.79 Å². The third-order valence-corrected chi connectivity index (χ3v) is 2.19. The lowest BCUT2D eigenvalue weighted by Crippen LogP contribution is -2.43. The molecule has 0 aliphatic rings. The minimum atomic E-state index is -0.0431. The van der Waals surface area contributed by atoms with Gasteiger partial charge in [-0.2, -0.15) is 0 Å². The Balaban J connectivity index is 3.60. The van der Waals surface area contributed by atoms with Crippen LogP contribution in [0, 0.1) is 0 Å². The monoisotopic (exact) mass is 231 g/mol. The Morgan fingerprint density at radius 3 is 2.81 bits per heavy atom. The second kappa shape index (κ2) is 9.57. The summed E-state index contributed by atoms with van der Waals surface area (Å²) in [6.45, 7) is 4.42. The van der Waals surface area contributed by atoms with Crippen LogP contribution in [0.5, 0.6) is 0 Å². The van der Waals surface area contributed by atoms with Crippen molar-refractivity contribution in [3.05, 3.63) is 0 Å². The van der Waals surface area contributed by atoms with Gasteiger partial charge in [-0.05, 0) is 13.5 Å². The second-order valence-electron chi connectivity index (χ2n) is 4.12. The van der Waals surface area contributed by atoms with Crippen molar-refractivity contribution in [3.63, 3.8) is 0 Å². The zero-order valence-corrected chi connectivity index (χ0v) is 10.7. The number of nitrogens with two attached hydrogens (primary N) is 1. The van der Waals surface area contributed by atoms with E-state index < -0.39 is 0 Å². The predicted molar refractivity (Wildman–Crippen MR) is 65.3 cm³/mol. The van der Waals surface area contributed by atoms with Crippen LogP contribution in [0.4, 0.5) is 0 Å². The van der Waals surface area contributed by atoms with Crippen molar-refractivity contribution in [2.24, 2.45) is 5.73 Å². The summed E-state index contributed by atoms with van der Waals surface area (Å²) in [6, 6.07) is -0.0431. The van der Waals surface area contributed by atoms with Gasteiger partial charge < -0.3 is 15.8 Å². The Kier molecular flexibility index (Phi) is 9.18. The van der Waals surface area contributed by atoms with Crippen LogP contribution in [-0.2, 0) is 9.53 Å². The predicted octanol–water partition coefficient (Wildman–Crippen LogP) is -0.192. The molecule has 0 spiro atoms. The highest BCUT2D eigenvalue weighted by Gasteiger charge is 2.09. The molecule has 96 valence electrons. The highest BCUT2D eigenvalue weighted by molar-refractivity contribution is 5.77. The van der Waals surface area contributed by atoms with Gasteiger partial charge in [0.1, 0.15) is 0 Å². The van der Waals surface area contributed by atoms with E-state index in [2.05, 4.69) is 12.2 Å². The van der Waals surface area contributed by atoms with Gasteiger partial charge in [0.15, 0.2) is 0 Å². The molecular formula is C11H25N3O2. The minimum Gasteiger partial charge on any atom is -0.383 e. The molecule has 0 aromatic rings. The summed E-state index contributed by atoms with van der Waals surface area (Å²) >= 11 is 0. The molecule has 1 amide bonds. The maximum atomic E-state index is 11.4. The maximum absolute atomic E-state index is 11.4. The van der Waals surface area contributed by atoms with Gasteiger partial charge in [-0.3, -0.25) is 9.69 Å². The molecule has 0 heterocycles. The molecule has 5 nitrogen and oxygen atoms in total. The lowest BCUT2D eigenvalue weighted by atomic mass is 10.3. The van der Waals surface area contributed by atoms with Crippen LogP contribution < -0.4 is 11.1 Å². The molecular weight excluding hydrogens is 206 g/mol. The number of rotatable bonds is 9. The fraction of sp³-hybridized carbons (Fsp3) is 0.909. The molecule has 5 heteroatoms. The molecule has 0 radical (unpaired) electrons. The van der Waals surface area contributed by atoms with Crippen molar-refractivity contribution in [2.75, 3.05) is 40.4 Å². The number of hydrogen-bond acceptors (Lipinski definition) is 4. The molecule has 1 atom stereocenters. The number of methoxy groups -OCH3 is 1. The van der Waals surface area contributed by atoms with Gasteiger partial charge in [0.25, 0.3) is 0 Å². The van der Waals surface area contributed by atoms with Gasteiger partial charge in [-0.15, -0.1) is 0 Å². The van der Waals surface area contributed by atoms with Gasteiger partial charge in [0.05, 0.1) is 13.2 Å². The number of nitrogens with zero attached hydrogens (tertiary/aromatic N) is 1. The maximum Gasteiger partial charge on any atom is 0.234 e. The minimum absolute atomic E-state index is 0.0431.